The quantitative estimate of drug-likeness (QED) is 0.112. The first-order chi connectivity index (χ1) is 29.4. The van der Waals surface area contributed by atoms with Gasteiger partial charge in [-0.15, -0.1) is 0 Å². The van der Waals surface area contributed by atoms with E-state index in [2.05, 4.69) is 42.8 Å². The van der Waals surface area contributed by atoms with Gasteiger partial charge in [-0.3, -0.25) is 19.2 Å². The van der Waals surface area contributed by atoms with Crippen LogP contribution in [0.2, 0.25) is 18.6 Å². The normalized spacial score (nSPS) is 22.0. The zero-order valence-corrected chi connectivity index (χ0v) is 36.0. The predicted molar refractivity (Wildman–Crippen MR) is 239 cm³/mol. The minimum absolute atomic E-state index is 0.0516. The van der Waals surface area contributed by atoms with E-state index >= 15 is 4.79 Å². The Kier molecular flexibility index (Phi) is 11.7. The second kappa shape index (κ2) is 17.1. The van der Waals surface area contributed by atoms with Crippen LogP contribution in [0.25, 0.3) is 0 Å². The van der Waals surface area contributed by atoms with Crippen molar-refractivity contribution in [2.75, 3.05) is 35.8 Å². The van der Waals surface area contributed by atoms with Gasteiger partial charge in [0.05, 0.1) is 52.6 Å². The number of benzene rings is 5. The van der Waals surface area contributed by atoms with Crippen molar-refractivity contribution in [1.29, 1.82) is 0 Å². The molecule has 61 heavy (non-hydrogen) atoms. The van der Waals surface area contributed by atoms with Crippen molar-refractivity contribution in [2.45, 2.75) is 69.1 Å². The number of hydrogen-bond acceptors (Lipinski definition) is 7. The number of aliphatic hydroxyl groups excluding tert-OH is 1. The number of carbonyl (C=O) groups is 4. The van der Waals surface area contributed by atoms with E-state index in [1.807, 2.05) is 72.8 Å². The molecular weight excluding hydrogens is 785 g/mol. The Morgan fingerprint density at radius 1 is 0.836 bits per heavy atom. The van der Waals surface area contributed by atoms with Gasteiger partial charge in [0, 0.05) is 40.5 Å². The fourth-order valence-corrected chi connectivity index (χ4v) is 13.9. The highest BCUT2D eigenvalue weighted by Crippen LogP contribution is 2.60. The first kappa shape index (κ1) is 41.6. The number of carbonyl (C=O) groups excluding carboxylic acids is 4. The highest BCUT2D eigenvalue weighted by Gasteiger charge is 2.66. The lowest BCUT2D eigenvalue weighted by Gasteiger charge is -2.37. The van der Waals surface area contributed by atoms with Crippen LogP contribution in [-0.2, 0) is 26.5 Å². The molecule has 4 amide bonds. The third-order valence-electron chi connectivity index (χ3n) is 13.0. The van der Waals surface area contributed by atoms with Crippen molar-refractivity contribution in [3.8, 4) is 5.75 Å². The van der Waals surface area contributed by atoms with Crippen LogP contribution >= 0.6 is 0 Å². The molecule has 0 aromatic heterocycles. The molecule has 0 saturated carbocycles. The second-order valence-corrected chi connectivity index (χ2v) is 21.6. The average molecular weight is 837 g/mol. The molecule has 5 atom stereocenters. The monoisotopic (exact) mass is 836 g/mol. The lowest BCUT2D eigenvalue weighted by Crippen LogP contribution is -2.52. The summed E-state index contributed by atoms with van der Waals surface area (Å²) < 4.78 is 12.8. The summed E-state index contributed by atoms with van der Waals surface area (Å²) in [5.41, 5.74) is 2.46. The Balaban J connectivity index is 1.20. The van der Waals surface area contributed by atoms with Gasteiger partial charge in [-0.2, -0.15) is 0 Å². The van der Waals surface area contributed by atoms with E-state index in [1.54, 1.807) is 59.4 Å². The molecule has 1 spiro atoms. The maximum atomic E-state index is 15.6. The standard InChI is InChI=1S/C49H52N4O7Si/c1-32-45(61(3,4)40-23-21-39(59-2)22-24-40)43(29-44(55)52-26-12-19-38(52)31-54)60-49(32)41-28-37(51-47(57)35-16-9-6-10-17-35)20-25-42(41)53(48(49)58)30-33-13-11-18-36(27-33)50-46(56)34-14-7-5-8-15-34/h5-11,13-18,20-25,27-28,32,38,43,45,54H,12,19,26,29-31H2,1-4H3,(H,50,56)(H,51,57)/t32-,38-,43+,45-,49+/m0/s1. The fraction of sp³-hybridized carbons (Fsp3) is 0.306. The summed E-state index contributed by atoms with van der Waals surface area (Å²) in [4.78, 5) is 60.0. The highest BCUT2D eigenvalue weighted by atomic mass is 28.3. The third-order valence-corrected chi connectivity index (χ3v) is 17.3. The SMILES string of the molecule is COc1ccc([Si](C)(C)[C@@H]2[C@@H](CC(=O)N3CCC[C@H]3CO)O[C@]3(C(=O)N(Cc4cccc(NC(=O)c5ccccc5)c4)c4ccc(NC(=O)c5ccccc5)cc43)[C@H]2C)cc1. The molecule has 0 bridgehead atoms. The number of nitrogens with zero attached hydrogens (tertiary/aromatic N) is 2. The maximum Gasteiger partial charge on any atom is 0.264 e. The second-order valence-electron chi connectivity index (χ2n) is 16.9. The Morgan fingerprint density at radius 2 is 1.48 bits per heavy atom. The van der Waals surface area contributed by atoms with Gasteiger partial charge >= 0.3 is 0 Å². The molecule has 5 aromatic carbocycles. The summed E-state index contributed by atoms with van der Waals surface area (Å²) in [5, 5.41) is 17.3. The van der Waals surface area contributed by atoms with E-state index in [1.165, 1.54) is 0 Å². The van der Waals surface area contributed by atoms with Gasteiger partial charge in [-0.05, 0) is 90.7 Å². The Bertz CT molecular complexity index is 2430. The number of amides is 4. The molecule has 0 aliphatic carbocycles. The Morgan fingerprint density at radius 3 is 2.10 bits per heavy atom. The van der Waals surface area contributed by atoms with Crippen LogP contribution in [0, 0.1) is 5.92 Å². The van der Waals surface area contributed by atoms with Gasteiger partial charge in [0.25, 0.3) is 17.7 Å². The number of ether oxygens (including phenoxy) is 2. The molecule has 3 heterocycles. The topological polar surface area (TPSA) is 138 Å². The van der Waals surface area contributed by atoms with E-state index < -0.39 is 25.7 Å². The molecule has 2 saturated heterocycles. The molecule has 314 valence electrons. The number of rotatable bonds is 12. The Labute approximate surface area is 357 Å². The Hall–Kier alpha value is -6.08. The number of anilines is 3. The third kappa shape index (κ3) is 7.87. The summed E-state index contributed by atoms with van der Waals surface area (Å²) in [5.74, 6) is -0.559. The number of nitrogens with one attached hydrogen (secondary N) is 2. The van der Waals surface area contributed by atoms with Crippen LogP contribution in [0.15, 0.2) is 127 Å². The molecular formula is C49H52N4O7Si. The van der Waals surface area contributed by atoms with Crippen molar-refractivity contribution < 1.29 is 33.8 Å². The molecule has 0 unspecified atom stereocenters. The zero-order chi connectivity index (χ0) is 42.9. The predicted octanol–water partition coefficient (Wildman–Crippen LogP) is 7.34. The summed E-state index contributed by atoms with van der Waals surface area (Å²) >= 11 is 0. The van der Waals surface area contributed by atoms with Gasteiger partial charge in [0.1, 0.15) is 5.75 Å². The van der Waals surface area contributed by atoms with Gasteiger partial charge in [0.2, 0.25) is 5.91 Å². The van der Waals surface area contributed by atoms with Crippen molar-refractivity contribution >= 4 is 54.0 Å². The average Bonchev–Trinajstić information content (AvgIpc) is 3.94. The lowest BCUT2D eigenvalue weighted by molar-refractivity contribution is -0.150. The minimum Gasteiger partial charge on any atom is -0.497 e. The lowest BCUT2D eigenvalue weighted by atomic mass is 9.82. The first-order valence-corrected chi connectivity index (χ1v) is 24.0. The van der Waals surface area contributed by atoms with Crippen LogP contribution in [0.1, 0.15) is 58.0 Å². The minimum atomic E-state index is -2.60. The number of likely N-dealkylation sites (tertiary alicyclic amines) is 1. The molecule has 8 rings (SSSR count). The maximum absolute atomic E-state index is 15.6. The number of methoxy groups -OCH3 is 1. The molecule has 5 aromatic rings. The van der Waals surface area contributed by atoms with Crippen LogP contribution < -0.4 is 25.5 Å². The smallest absolute Gasteiger partial charge is 0.264 e. The van der Waals surface area contributed by atoms with Crippen LogP contribution in [0.5, 0.6) is 5.75 Å². The zero-order valence-electron chi connectivity index (χ0n) is 35.0. The van der Waals surface area contributed by atoms with Gasteiger partial charge in [-0.1, -0.05) is 85.9 Å². The largest absolute Gasteiger partial charge is 0.497 e. The van der Waals surface area contributed by atoms with Crippen LogP contribution in [0.3, 0.4) is 0 Å². The molecule has 3 aliphatic heterocycles. The molecule has 0 radical (unpaired) electrons. The van der Waals surface area contributed by atoms with Gasteiger partial charge < -0.3 is 35.0 Å². The van der Waals surface area contributed by atoms with E-state index in [9.17, 15) is 19.5 Å². The summed E-state index contributed by atoms with van der Waals surface area (Å²) in [6, 6.07) is 38.7. The molecule has 11 nitrogen and oxygen atoms in total. The van der Waals surface area contributed by atoms with Crippen LogP contribution in [0.4, 0.5) is 17.1 Å². The summed E-state index contributed by atoms with van der Waals surface area (Å²) in [6.45, 7) is 7.24. The van der Waals surface area contributed by atoms with Crippen molar-refractivity contribution in [3.05, 3.63) is 150 Å². The summed E-state index contributed by atoms with van der Waals surface area (Å²) in [7, 11) is -0.962. The first-order valence-electron chi connectivity index (χ1n) is 21.0. The molecule has 12 heteroatoms. The van der Waals surface area contributed by atoms with Gasteiger partial charge in [-0.25, -0.2) is 0 Å². The summed E-state index contributed by atoms with van der Waals surface area (Å²) in [6.07, 6.45) is 0.963. The van der Waals surface area contributed by atoms with Crippen molar-refractivity contribution in [3.63, 3.8) is 0 Å². The number of aliphatic hydroxyl groups is 1. The van der Waals surface area contributed by atoms with Crippen molar-refractivity contribution in [2.24, 2.45) is 5.92 Å². The van der Waals surface area contributed by atoms with E-state index in [-0.39, 0.29) is 54.8 Å². The van der Waals surface area contributed by atoms with E-state index in [0.29, 0.717) is 40.3 Å². The molecule has 3 aliphatic rings. The molecule has 2 fully saturated rings. The van der Waals surface area contributed by atoms with E-state index in [4.69, 9.17) is 9.47 Å². The number of fused-ring (bicyclic) bond motifs is 2. The fourth-order valence-electron chi connectivity index (χ4n) is 9.91. The van der Waals surface area contributed by atoms with Gasteiger partial charge in [0.15, 0.2) is 5.60 Å². The van der Waals surface area contributed by atoms with Crippen LogP contribution in [-0.4, -0.2) is 74.1 Å². The van der Waals surface area contributed by atoms with Crippen molar-refractivity contribution in [1.82, 2.24) is 4.90 Å². The van der Waals surface area contributed by atoms with E-state index in [0.717, 1.165) is 29.3 Å². The highest BCUT2D eigenvalue weighted by molar-refractivity contribution is 6.91. The molecule has 3 N–H and O–H groups in total. The number of hydrogen-bond donors (Lipinski definition) is 3.